The van der Waals surface area contributed by atoms with Gasteiger partial charge in [0.05, 0.1) is 22.4 Å². The Kier molecular flexibility index (Phi) is 15.0. The number of nitrogens with one attached hydrogen (secondary N) is 4. The van der Waals surface area contributed by atoms with Crippen molar-refractivity contribution in [3.63, 3.8) is 0 Å². The van der Waals surface area contributed by atoms with Crippen molar-refractivity contribution in [2.24, 2.45) is 0 Å². The number of nitrogens with zero attached hydrogens (tertiary/aromatic N) is 3. The van der Waals surface area contributed by atoms with E-state index in [-0.39, 0.29) is 43.5 Å². The van der Waals surface area contributed by atoms with Gasteiger partial charge in [0.25, 0.3) is 0 Å². The molecule has 0 bridgehead atoms. The standard InChI is InChI=1S/C35H43N7O5S2/c1-25(43)38-16-15-32(41-34(45)42(2)21-30-19-36-23-48-30)33(44)39-28(17-26-9-5-3-6-10-26)13-14-29(18-27-11-7-4-8-12-27)40-35(46)47-22-31-20-37-24-49-31/h3-12,19-20,23-24,28-29,32H,13-18,21-22H2,1-2H3,(H,38,43)(H,39,44)(H,40,46)(H,41,45)/t28-,29-,32-/m0/s1. The minimum absolute atomic E-state index is 0.131. The summed E-state index contributed by atoms with van der Waals surface area (Å²) in [6, 6.07) is 17.8. The van der Waals surface area contributed by atoms with E-state index in [0.717, 1.165) is 20.9 Å². The number of urea groups is 1. The molecule has 14 heteroatoms. The summed E-state index contributed by atoms with van der Waals surface area (Å²) >= 11 is 2.85. The van der Waals surface area contributed by atoms with Gasteiger partial charge in [0.1, 0.15) is 12.6 Å². The normalized spacial score (nSPS) is 12.6. The molecular weight excluding hydrogens is 663 g/mol. The Morgan fingerprint density at radius 3 is 1.90 bits per heavy atom. The molecule has 0 saturated heterocycles. The summed E-state index contributed by atoms with van der Waals surface area (Å²) in [5.41, 5.74) is 5.48. The highest BCUT2D eigenvalue weighted by Gasteiger charge is 2.26. The average molecular weight is 706 g/mol. The highest BCUT2D eigenvalue weighted by molar-refractivity contribution is 7.09. The van der Waals surface area contributed by atoms with Crippen LogP contribution in [0.4, 0.5) is 9.59 Å². The molecule has 12 nitrogen and oxygen atoms in total. The van der Waals surface area contributed by atoms with Crippen molar-refractivity contribution in [1.82, 2.24) is 36.1 Å². The van der Waals surface area contributed by atoms with Crippen molar-refractivity contribution in [3.05, 3.63) is 105 Å². The molecule has 4 rings (SSSR count). The molecule has 3 atom stereocenters. The first-order chi connectivity index (χ1) is 23.7. The summed E-state index contributed by atoms with van der Waals surface area (Å²) < 4.78 is 5.47. The van der Waals surface area contributed by atoms with Gasteiger partial charge < -0.3 is 30.9 Å². The highest BCUT2D eigenvalue weighted by atomic mass is 32.1. The van der Waals surface area contributed by atoms with Crippen LogP contribution in [0.2, 0.25) is 0 Å². The average Bonchev–Trinajstić information content (AvgIpc) is 3.81. The Labute approximate surface area is 294 Å². The summed E-state index contributed by atoms with van der Waals surface area (Å²) in [6.07, 6.45) is 5.23. The third-order valence-electron chi connectivity index (χ3n) is 7.66. The summed E-state index contributed by atoms with van der Waals surface area (Å²) in [5, 5.41) is 11.8. The van der Waals surface area contributed by atoms with Crippen molar-refractivity contribution >= 4 is 46.6 Å². The van der Waals surface area contributed by atoms with Crippen molar-refractivity contribution in [2.75, 3.05) is 13.6 Å². The van der Waals surface area contributed by atoms with Gasteiger partial charge in [-0.15, -0.1) is 22.7 Å². The van der Waals surface area contributed by atoms with E-state index in [0.29, 0.717) is 32.2 Å². The molecule has 5 amide bonds. The van der Waals surface area contributed by atoms with Crippen LogP contribution < -0.4 is 21.3 Å². The molecule has 2 aromatic carbocycles. The molecule has 4 N–H and O–H groups in total. The number of amides is 5. The van der Waals surface area contributed by atoms with E-state index >= 15 is 0 Å². The second-order valence-corrected chi connectivity index (χ2v) is 13.6. The maximum Gasteiger partial charge on any atom is 0.407 e. The fraction of sp³-hybridized carbons (Fsp3) is 0.371. The van der Waals surface area contributed by atoms with E-state index in [1.54, 1.807) is 30.5 Å². The van der Waals surface area contributed by atoms with Crippen LogP contribution in [-0.2, 0) is 40.3 Å². The zero-order chi connectivity index (χ0) is 34.8. The largest absolute Gasteiger partial charge is 0.444 e. The van der Waals surface area contributed by atoms with Gasteiger partial charge in [-0.2, -0.15) is 0 Å². The number of alkyl carbamates (subject to hydrolysis) is 1. The molecule has 0 unspecified atom stereocenters. The molecule has 0 fully saturated rings. The van der Waals surface area contributed by atoms with Gasteiger partial charge in [0.2, 0.25) is 11.8 Å². The zero-order valence-electron chi connectivity index (χ0n) is 27.7. The fourth-order valence-electron chi connectivity index (χ4n) is 5.16. The molecule has 4 aromatic rings. The first kappa shape index (κ1) is 37.0. The Morgan fingerprint density at radius 1 is 0.776 bits per heavy atom. The van der Waals surface area contributed by atoms with E-state index in [1.165, 1.54) is 34.5 Å². The van der Waals surface area contributed by atoms with Crippen molar-refractivity contribution < 1.29 is 23.9 Å². The van der Waals surface area contributed by atoms with Gasteiger partial charge in [-0.25, -0.2) is 9.59 Å². The predicted molar refractivity (Wildman–Crippen MR) is 190 cm³/mol. The third kappa shape index (κ3) is 13.7. The van der Waals surface area contributed by atoms with Crippen LogP contribution in [0, 0.1) is 0 Å². The number of rotatable bonds is 18. The number of thiazole rings is 2. The number of carbonyl (C=O) groups excluding carboxylic acids is 4. The Hall–Kier alpha value is -4.82. The summed E-state index contributed by atoms with van der Waals surface area (Å²) in [5.74, 6) is -0.584. The topological polar surface area (TPSA) is 155 Å². The van der Waals surface area contributed by atoms with Crippen molar-refractivity contribution in [1.29, 1.82) is 0 Å². The minimum atomic E-state index is -0.901. The van der Waals surface area contributed by atoms with Crippen LogP contribution in [-0.4, -0.2) is 70.5 Å². The number of hydrogen-bond acceptors (Lipinski definition) is 9. The van der Waals surface area contributed by atoms with E-state index in [9.17, 15) is 19.2 Å². The monoisotopic (exact) mass is 705 g/mol. The first-order valence-electron chi connectivity index (χ1n) is 16.1. The van der Waals surface area contributed by atoms with Crippen LogP contribution in [0.5, 0.6) is 0 Å². The maximum atomic E-state index is 13.8. The third-order valence-corrected chi connectivity index (χ3v) is 9.17. The van der Waals surface area contributed by atoms with Crippen LogP contribution >= 0.6 is 22.7 Å². The number of ether oxygens (including phenoxy) is 1. The van der Waals surface area contributed by atoms with Crippen molar-refractivity contribution in [2.45, 2.75) is 70.3 Å². The van der Waals surface area contributed by atoms with Gasteiger partial charge in [-0.3, -0.25) is 19.6 Å². The minimum Gasteiger partial charge on any atom is -0.444 e. The SMILES string of the molecule is CC(=O)NCC[C@H](NC(=O)N(C)Cc1cncs1)C(=O)N[C@@H](CC[C@@H](Cc1ccccc1)NC(=O)OCc1cncs1)Cc1ccccc1. The molecule has 2 aromatic heterocycles. The molecule has 0 radical (unpaired) electrons. The predicted octanol–water partition coefficient (Wildman–Crippen LogP) is 4.68. The highest BCUT2D eigenvalue weighted by Crippen LogP contribution is 2.15. The molecular formula is C35H43N7O5S2. The zero-order valence-corrected chi connectivity index (χ0v) is 29.3. The molecule has 0 spiro atoms. The van der Waals surface area contributed by atoms with Crippen LogP contribution in [0.15, 0.2) is 84.1 Å². The second-order valence-electron chi connectivity index (χ2n) is 11.6. The lowest BCUT2D eigenvalue weighted by molar-refractivity contribution is -0.124. The first-order valence-corrected chi connectivity index (χ1v) is 17.8. The maximum absolute atomic E-state index is 13.8. The smallest absolute Gasteiger partial charge is 0.407 e. The molecule has 0 aliphatic rings. The number of aromatic nitrogens is 2. The second kappa shape index (κ2) is 19.9. The summed E-state index contributed by atoms with van der Waals surface area (Å²) in [7, 11) is 1.65. The van der Waals surface area contributed by atoms with Crippen LogP contribution in [0.3, 0.4) is 0 Å². The molecule has 2 heterocycles. The lowest BCUT2D eigenvalue weighted by Crippen LogP contribution is -2.53. The van der Waals surface area contributed by atoms with Gasteiger partial charge >= 0.3 is 12.1 Å². The molecule has 260 valence electrons. The molecule has 0 aliphatic heterocycles. The molecule has 49 heavy (non-hydrogen) atoms. The van der Waals surface area contributed by atoms with Crippen LogP contribution in [0.25, 0.3) is 0 Å². The summed E-state index contributed by atoms with van der Waals surface area (Å²) in [6.45, 7) is 2.09. The Morgan fingerprint density at radius 2 is 1.35 bits per heavy atom. The number of benzene rings is 2. The van der Waals surface area contributed by atoms with Gasteiger partial charge in [0, 0.05) is 49.9 Å². The number of hydrogen-bond donors (Lipinski definition) is 4. The Balaban J connectivity index is 1.46. The summed E-state index contributed by atoms with van der Waals surface area (Å²) in [4.78, 5) is 62.8. The fourth-order valence-corrected chi connectivity index (χ4v) is 6.31. The molecule has 0 saturated carbocycles. The van der Waals surface area contributed by atoms with E-state index < -0.39 is 18.2 Å². The molecule has 0 aliphatic carbocycles. The quantitative estimate of drug-likeness (QED) is 0.117. The van der Waals surface area contributed by atoms with Gasteiger partial charge in [-0.05, 0) is 43.2 Å². The van der Waals surface area contributed by atoms with Crippen LogP contribution in [0.1, 0.15) is 47.1 Å². The number of carbonyl (C=O) groups is 4. The lowest BCUT2D eigenvalue weighted by atomic mass is 9.95. The Bertz CT molecular complexity index is 1570. The van der Waals surface area contributed by atoms with Gasteiger partial charge in [0.15, 0.2) is 0 Å². The van der Waals surface area contributed by atoms with E-state index in [2.05, 4.69) is 31.2 Å². The van der Waals surface area contributed by atoms with E-state index in [4.69, 9.17) is 4.74 Å². The van der Waals surface area contributed by atoms with Gasteiger partial charge in [-0.1, -0.05) is 60.7 Å². The van der Waals surface area contributed by atoms with Crippen molar-refractivity contribution in [3.8, 4) is 0 Å². The van der Waals surface area contributed by atoms with E-state index in [1.807, 2.05) is 60.7 Å². The lowest BCUT2D eigenvalue weighted by Gasteiger charge is -2.27.